The van der Waals surface area contributed by atoms with Crippen molar-refractivity contribution < 1.29 is 9.32 Å². The number of para-hydroxylation sites is 1. The molecule has 1 aromatic heterocycles. The van der Waals surface area contributed by atoms with Gasteiger partial charge >= 0.3 is 0 Å². The van der Waals surface area contributed by atoms with Crippen LogP contribution in [0.15, 0.2) is 28.8 Å². The molecule has 1 fully saturated rings. The molecule has 0 spiro atoms. The van der Waals surface area contributed by atoms with E-state index >= 15 is 0 Å². The fraction of sp³-hybridized carbons (Fsp3) is 0.529. The molecule has 1 saturated carbocycles. The van der Waals surface area contributed by atoms with Crippen LogP contribution in [0.4, 0.5) is 0 Å². The van der Waals surface area contributed by atoms with Crippen LogP contribution in [0.25, 0.3) is 11.0 Å². The molecule has 3 atom stereocenters. The van der Waals surface area contributed by atoms with E-state index in [2.05, 4.69) is 24.3 Å². The van der Waals surface area contributed by atoms with Crippen molar-refractivity contribution in [3.05, 3.63) is 30.0 Å². The number of aromatic nitrogens is 1. The van der Waals surface area contributed by atoms with Gasteiger partial charge < -0.3 is 9.84 Å². The molecule has 0 radical (unpaired) electrons. The standard InChI is InChI=1S/C17H22N2O2/c1-11-6-5-8-14(12(11)2)18-17(20)10-15-13-7-3-4-9-16(13)21-19-15/h3-4,7,9,11-12,14H,5-6,8,10H2,1-2H3,(H,18,20). The summed E-state index contributed by atoms with van der Waals surface area (Å²) in [7, 11) is 0. The monoisotopic (exact) mass is 286 g/mol. The van der Waals surface area contributed by atoms with E-state index in [1.165, 1.54) is 12.8 Å². The molecule has 3 rings (SSSR count). The van der Waals surface area contributed by atoms with Crippen LogP contribution in [0, 0.1) is 11.8 Å². The van der Waals surface area contributed by atoms with E-state index in [1.54, 1.807) is 0 Å². The highest BCUT2D eigenvalue weighted by atomic mass is 16.5. The summed E-state index contributed by atoms with van der Waals surface area (Å²) in [4.78, 5) is 12.3. The molecule has 1 aliphatic rings. The number of carbonyl (C=O) groups is 1. The topological polar surface area (TPSA) is 55.1 Å². The summed E-state index contributed by atoms with van der Waals surface area (Å²) in [6.45, 7) is 4.51. The maximum atomic E-state index is 12.3. The van der Waals surface area contributed by atoms with Gasteiger partial charge in [-0.15, -0.1) is 0 Å². The lowest BCUT2D eigenvalue weighted by Crippen LogP contribution is -2.44. The molecule has 112 valence electrons. The number of nitrogens with zero attached hydrogens (tertiary/aromatic N) is 1. The second-order valence-electron chi connectivity index (χ2n) is 6.24. The minimum Gasteiger partial charge on any atom is -0.356 e. The van der Waals surface area contributed by atoms with Crippen LogP contribution in [0.2, 0.25) is 0 Å². The van der Waals surface area contributed by atoms with E-state index in [9.17, 15) is 4.79 Å². The lowest BCUT2D eigenvalue weighted by molar-refractivity contribution is -0.121. The molecule has 4 heteroatoms. The molecule has 0 aliphatic heterocycles. The SMILES string of the molecule is CC1CCCC(NC(=O)Cc2noc3ccccc23)C1C. The molecule has 3 unspecified atom stereocenters. The van der Waals surface area contributed by atoms with Gasteiger partial charge in [-0.3, -0.25) is 4.79 Å². The minimum atomic E-state index is 0.0417. The summed E-state index contributed by atoms with van der Waals surface area (Å²) in [6.07, 6.45) is 3.83. The highest BCUT2D eigenvalue weighted by Gasteiger charge is 2.28. The van der Waals surface area contributed by atoms with Gasteiger partial charge in [0.15, 0.2) is 5.58 Å². The Morgan fingerprint density at radius 2 is 2.14 bits per heavy atom. The van der Waals surface area contributed by atoms with Crippen molar-refractivity contribution in [2.24, 2.45) is 11.8 Å². The molecule has 1 amide bonds. The highest BCUT2D eigenvalue weighted by molar-refractivity contribution is 5.86. The van der Waals surface area contributed by atoms with Crippen molar-refractivity contribution in [2.75, 3.05) is 0 Å². The second kappa shape index (κ2) is 5.88. The molecule has 21 heavy (non-hydrogen) atoms. The number of nitrogens with one attached hydrogen (secondary N) is 1. The molecule has 0 saturated heterocycles. The molecular weight excluding hydrogens is 264 g/mol. The van der Waals surface area contributed by atoms with Crippen molar-refractivity contribution in [2.45, 2.75) is 45.6 Å². The Kier molecular flexibility index (Phi) is 3.95. The minimum absolute atomic E-state index is 0.0417. The third kappa shape index (κ3) is 2.94. The first kappa shape index (κ1) is 14.1. The first-order chi connectivity index (χ1) is 10.1. The van der Waals surface area contributed by atoms with E-state index < -0.39 is 0 Å². The zero-order chi connectivity index (χ0) is 14.8. The van der Waals surface area contributed by atoms with Crippen LogP contribution in [-0.4, -0.2) is 17.1 Å². The largest absolute Gasteiger partial charge is 0.356 e. The summed E-state index contributed by atoms with van der Waals surface area (Å²) < 4.78 is 5.25. The highest BCUT2D eigenvalue weighted by Crippen LogP contribution is 2.29. The summed E-state index contributed by atoms with van der Waals surface area (Å²) >= 11 is 0. The first-order valence-electron chi connectivity index (χ1n) is 7.78. The maximum Gasteiger partial charge on any atom is 0.226 e. The predicted octanol–water partition coefficient (Wildman–Crippen LogP) is 3.31. The van der Waals surface area contributed by atoms with Crippen LogP contribution in [0.5, 0.6) is 0 Å². The number of amides is 1. The molecule has 1 heterocycles. The van der Waals surface area contributed by atoms with Crippen LogP contribution in [-0.2, 0) is 11.2 Å². The number of hydrogen-bond donors (Lipinski definition) is 1. The molecule has 1 aliphatic carbocycles. The maximum absolute atomic E-state index is 12.3. The number of carbonyl (C=O) groups excluding carboxylic acids is 1. The van der Waals surface area contributed by atoms with Crippen molar-refractivity contribution in [1.82, 2.24) is 10.5 Å². The number of fused-ring (bicyclic) bond motifs is 1. The Bertz CT molecular complexity index is 635. The van der Waals surface area contributed by atoms with Gasteiger partial charge in [0.25, 0.3) is 0 Å². The van der Waals surface area contributed by atoms with E-state index in [-0.39, 0.29) is 12.3 Å². The smallest absolute Gasteiger partial charge is 0.226 e. The van der Waals surface area contributed by atoms with Gasteiger partial charge in [-0.2, -0.15) is 0 Å². The average Bonchev–Trinajstić information content (AvgIpc) is 2.87. The third-order valence-corrected chi connectivity index (χ3v) is 4.83. The molecule has 0 bridgehead atoms. The predicted molar refractivity (Wildman–Crippen MR) is 81.8 cm³/mol. The van der Waals surface area contributed by atoms with Crippen LogP contribution < -0.4 is 5.32 Å². The Labute approximate surface area is 124 Å². The van der Waals surface area contributed by atoms with Crippen molar-refractivity contribution >= 4 is 16.9 Å². The molecule has 1 aromatic carbocycles. The van der Waals surface area contributed by atoms with Crippen LogP contribution in [0.3, 0.4) is 0 Å². The second-order valence-corrected chi connectivity index (χ2v) is 6.24. The van der Waals surface area contributed by atoms with Crippen molar-refractivity contribution in [3.8, 4) is 0 Å². The van der Waals surface area contributed by atoms with Crippen LogP contribution >= 0.6 is 0 Å². The number of benzene rings is 1. The fourth-order valence-corrected chi connectivity index (χ4v) is 3.26. The summed E-state index contributed by atoms with van der Waals surface area (Å²) in [5.74, 6) is 1.26. The Balaban J connectivity index is 1.66. The molecule has 1 N–H and O–H groups in total. The van der Waals surface area contributed by atoms with Gasteiger partial charge in [0.1, 0.15) is 5.69 Å². The molecular formula is C17H22N2O2. The van der Waals surface area contributed by atoms with E-state index in [0.717, 1.165) is 23.1 Å². The van der Waals surface area contributed by atoms with Gasteiger partial charge in [0.2, 0.25) is 5.91 Å². The lowest BCUT2D eigenvalue weighted by Gasteiger charge is -2.34. The van der Waals surface area contributed by atoms with Gasteiger partial charge in [-0.05, 0) is 30.4 Å². The zero-order valence-corrected chi connectivity index (χ0v) is 12.6. The van der Waals surface area contributed by atoms with Crippen molar-refractivity contribution in [3.63, 3.8) is 0 Å². The Hall–Kier alpha value is -1.84. The quantitative estimate of drug-likeness (QED) is 0.941. The van der Waals surface area contributed by atoms with E-state index in [0.29, 0.717) is 17.9 Å². The number of rotatable bonds is 3. The van der Waals surface area contributed by atoms with Gasteiger partial charge in [0, 0.05) is 11.4 Å². The van der Waals surface area contributed by atoms with Crippen molar-refractivity contribution in [1.29, 1.82) is 0 Å². The average molecular weight is 286 g/mol. The van der Waals surface area contributed by atoms with Gasteiger partial charge in [-0.1, -0.05) is 44.0 Å². The molecule has 4 nitrogen and oxygen atoms in total. The van der Waals surface area contributed by atoms with Gasteiger partial charge in [-0.25, -0.2) is 0 Å². The van der Waals surface area contributed by atoms with Gasteiger partial charge in [0.05, 0.1) is 6.42 Å². The normalized spacial score (nSPS) is 25.9. The zero-order valence-electron chi connectivity index (χ0n) is 12.6. The van der Waals surface area contributed by atoms with Crippen LogP contribution in [0.1, 0.15) is 38.8 Å². The summed E-state index contributed by atoms with van der Waals surface area (Å²) in [5, 5.41) is 8.14. The molecule has 2 aromatic rings. The number of hydrogen-bond acceptors (Lipinski definition) is 3. The third-order valence-electron chi connectivity index (χ3n) is 4.83. The lowest BCUT2D eigenvalue weighted by atomic mass is 9.78. The Morgan fingerprint density at radius 3 is 3.00 bits per heavy atom. The summed E-state index contributed by atoms with van der Waals surface area (Å²) in [5.41, 5.74) is 1.46. The summed E-state index contributed by atoms with van der Waals surface area (Å²) in [6, 6.07) is 7.95. The van der Waals surface area contributed by atoms with E-state index in [1.807, 2.05) is 24.3 Å². The first-order valence-corrected chi connectivity index (χ1v) is 7.78. The Morgan fingerprint density at radius 1 is 1.33 bits per heavy atom. The fourth-order valence-electron chi connectivity index (χ4n) is 3.26. The van der Waals surface area contributed by atoms with E-state index in [4.69, 9.17) is 4.52 Å².